The highest BCUT2D eigenvalue weighted by Gasteiger charge is 2.15. The molecule has 0 atom stereocenters. The standard InChI is InChI=1S/C33H30N2O4/c1-24-31(34-32(39-24)26-12-6-3-7-13-26)20-21-38-29-18-16-28(17-19-29)35(22-25-10-4-2-5-11-25)23-27-14-8-9-15-30(27)33(36)37/h2-19H,20-23H2,1H3,(H,36,37). The summed E-state index contributed by atoms with van der Waals surface area (Å²) in [5, 5.41) is 9.67. The predicted molar refractivity (Wildman–Crippen MR) is 152 cm³/mol. The van der Waals surface area contributed by atoms with Crippen LogP contribution < -0.4 is 9.64 Å². The molecule has 6 heteroatoms. The Bertz CT molecular complexity index is 1510. The second-order valence-electron chi connectivity index (χ2n) is 9.28. The molecular weight excluding hydrogens is 488 g/mol. The molecule has 0 aliphatic heterocycles. The third-order valence-corrected chi connectivity index (χ3v) is 6.55. The molecule has 0 amide bonds. The first-order valence-corrected chi connectivity index (χ1v) is 12.9. The van der Waals surface area contributed by atoms with Gasteiger partial charge in [0.25, 0.3) is 0 Å². The number of aryl methyl sites for hydroxylation is 1. The van der Waals surface area contributed by atoms with Crippen LogP contribution in [0.1, 0.15) is 32.9 Å². The number of anilines is 1. The maximum atomic E-state index is 11.8. The summed E-state index contributed by atoms with van der Waals surface area (Å²) in [7, 11) is 0. The topological polar surface area (TPSA) is 75.8 Å². The van der Waals surface area contributed by atoms with Crippen molar-refractivity contribution in [2.45, 2.75) is 26.4 Å². The molecule has 4 aromatic carbocycles. The van der Waals surface area contributed by atoms with Gasteiger partial charge in [0.1, 0.15) is 11.5 Å². The molecular formula is C33H30N2O4. The van der Waals surface area contributed by atoms with Crippen molar-refractivity contribution in [3.63, 3.8) is 0 Å². The Hall–Kier alpha value is -4.84. The number of ether oxygens (including phenoxy) is 1. The number of nitrogens with zero attached hydrogens (tertiary/aromatic N) is 2. The van der Waals surface area contributed by atoms with Crippen molar-refractivity contribution in [2.75, 3.05) is 11.5 Å². The fourth-order valence-electron chi connectivity index (χ4n) is 4.50. The highest BCUT2D eigenvalue weighted by Crippen LogP contribution is 2.26. The van der Waals surface area contributed by atoms with Gasteiger partial charge in [-0.3, -0.25) is 0 Å². The Kier molecular flexibility index (Phi) is 8.03. The third kappa shape index (κ3) is 6.54. The van der Waals surface area contributed by atoms with Gasteiger partial charge in [-0.05, 0) is 60.5 Å². The van der Waals surface area contributed by atoms with Crippen LogP contribution in [0.25, 0.3) is 11.5 Å². The highest BCUT2D eigenvalue weighted by atomic mass is 16.5. The lowest BCUT2D eigenvalue weighted by molar-refractivity contribution is 0.0695. The summed E-state index contributed by atoms with van der Waals surface area (Å²) < 4.78 is 11.9. The lowest BCUT2D eigenvalue weighted by Crippen LogP contribution is -2.23. The Morgan fingerprint density at radius 3 is 2.23 bits per heavy atom. The van der Waals surface area contributed by atoms with Gasteiger partial charge in [-0.15, -0.1) is 0 Å². The summed E-state index contributed by atoms with van der Waals surface area (Å²) in [6.45, 7) is 3.50. The molecule has 1 heterocycles. The van der Waals surface area contributed by atoms with E-state index in [2.05, 4.69) is 22.0 Å². The van der Waals surface area contributed by atoms with E-state index in [0.717, 1.165) is 39.6 Å². The fraction of sp³-hybridized carbons (Fsp3) is 0.152. The number of aromatic carboxylic acids is 1. The molecule has 196 valence electrons. The quantitative estimate of drug-likeness (QED) is 0.200. The van der Waals surface area contributed by atoms with Crippen molar-refractivity contribution in [1.29, 1.82) is 0 Å². The van der Waals surface area contributed by atoms with Gasteiger partial charge in [0.05, 0.1) is 17.9 Å². The van der Waals surface area contributed by atoms with Gasteiger partial charge >= 0.3 is 5.97 Å². The summed E-state index contributed by atoms with van der Waals surface area (Å²) >= 11 is 0. The Balaban J connectivity index is 1.27. The molecule has 0 bridgehead atoms. The number of hydrogen-bond donors (Lipinski definition) is 1. The van der Waals surface area contributed by atoms with Crippen molar-refractivity contribution in [3.05, 3.63) is 137 Å². The van der Waals surface area contributed by atoms with E-state index in [1.165, 1.54) is 0 Å². The van der Waals surface area contributed by atoms with E-state index in [1.54, 1.807) is 12.1 Å². The van der Waals surface area contributed by atoms with E-state index in [-0.39, 0.29) is 0 Å². The highest BCUT2D eigenvalue weighted by molar-refractivity contribution is 5.89. The monoisotopic (exact) mass is 518 g/mol. The fourth-order valence-corrected chi connectivity index (χ4v) is 4.50. The van der Waals surface area contributed by atoms with Gasteiger partial charge in [-0.25, -0.2) is 9.78 Å². The SMILES string of the molecule is Cc1oc(-c2ccccc2)nc1CCOc1ccc(N(Cc2ccccc2)Cc2ccccc2C(=O)O)cc1. The number of aromatic nitrogens is 1. The first-order valence-electron chi connectivity index (χ1n) is 12.9. The number of hydrogen-bond acceptors (Lipinski definition) is 5. The smallest absolute Gasteiger partial charge is 0.336 e. The number of oxazole rings is 1. The number of rotatable bonds is 11. The van der Waals surface area contributed by atoms with E-state index in [9.17, 15) is 9.90 Å². The van der Waals surface area contributed by atoms with E-state index < -0.39 is 5.97 Å². The number of carboxylic acids is 1. The first kappa shape index (κ1) is 25.8. The Labute approximate surface area is 228 Å². The average Bonchev–Trinajstić information content (AvgIpc) is 3.34. The zero-order chi connectivity index (χ0) is 27.0. The zero-order valence-electron chi connectivity index (χ0n) is 21.8. The second kappa shape index (κ2) is 12.1. The van der Waals surface area contributed by atoms with Crippen LogP contribution in [0.3, 0.4) is 0 Å². The Morgan fingerprint density at radius 1 is 0.846 bits per heavy atom. The van der Waals surface area contributed by atoms with Crippen LogP contribution in [0, 0.1) is 6.92 Å². The molecule has 5 aromatic rings. The van der Waals surface area contributed by atoms with E-state index in [0.29, 0.717) is 37.6 Å². The molecule has 0 spiro atoms. The van der Waals surface area contributed by atoms with Crippen molar-refractivity contribution in [3.8, 4) is 17.2 Å². The van der Waals surface area contributed by atoms with Gasteiger partial charge in [0, 0.05) is 30.8 Å². The van der Waals surface area contributed by atoms with Gasteiger partial charge in [0.15, 0.2) is 0 Å². The summed E-state index contributed by atoms with van der Waals surface area (Å²) in [6, 6.07) is 35.1. The van der Waals surface area contributed by atoms with Crippen molar-refractivity contribution in [1.82, 2.24) is 4.98 Å². The van der Waals surface area contributed by atoms with Gasteiger partial charge in [-0.1, -0.05) is 66.7 Å². The molecule has 0 aliphatic rings. The molecule has 0 radical (unpaired) electrons. The van der Waals surface area contributed by atoms with E-state index >= 15 is 0 Å². The maximum absolute atomic E-state index is 11.8. The van der Waals surface area contributed by atoms with Crippen LogP contribution in [0.2, 0.25) is 0 Å². The normalized spacial score (nSPS) is 10.8. The summed E-state index contributed by atoms with van der Waals surface area (Å²) in [4.78, 5) is 18.6. The second-order valence-corrected chi connectivity index (χ2v) is 9.28. The van der Waals surface area contributed by atoms with E-state index in [4.69, 9.17) is 9.15 Å². The molecule has 5 rings (SSSR count). The summed E-state index contributed by atoms with van der Waals surface area (Å²) in [6.07, 6.45) is 0.635. The van der Waals surface area contributed by atoms with Crippen molar-refractivity contribution < 1.29 is 19.1 Å². The van der Waals surface area contributed by atoms with Crippen LogP contribution in [0.5, 0.6) is 5.75 Å². The average molecular weight is 519 g/mol. The number of carboxylic acid groups (broad SMARTS) is 1. The minimum absolute atomic E-state index is 0.314. The minimum atomic E-state index is -0.924. The zero-order valence-corrected chi connectivity index (χ0v) is 21.8. The van der Waals surface area contributed by atoms with Gasteiger partial charge < -0.3 is 19.2 Å². The van der Waals surface area contributed by atoms with Crippen LogP contribution in [-0.2, 0) is 19.5 Å². The molecule has 1 N–H and O–H groups in total. The molecule has 0 fully saturated rings. The molecule has 0 aliphatic carbocycles. The van der Waals surface area contributed by atoms with Crippen LogP contribution >= 0.6 is 0 Å². The summed E-state index contributed by atoms with van der Waals surface area (Å²) in [5.41, 5.74) is 5.04. The minimum Gasteiger partial charge on any atom is -0.493 e. The van der Waals surface area contributed by atoms with Gasteiger partial charge in [-0.2, -0.15) is 0 Å². The number of carbonyl (C=O) groups is 1. The van der Waals surface area contributed by atoms with Crippen molar-refractivity contribution in [2.24, 2.45) is 0 Å². The number of benzene rings is 4. The van der Waals surface area contributed by atoms with Crippen LogP contribution in [0.15, 0.2) is 114 Å². The lowest BCUT2D eigenvalue weighted by atomic mass is 10.1. The van der Waals surface area contributed by atoms with Gasteiger partial charge in [0.2, 0.25) is 5.89 Å². The molecule has 39 heavy (non-hydrogen) atoms. The summed E-state index contributed by atoms with van der Waals surface area (Å²) in [5.74, 6) is 1.25. The van der Waals surface area contributed by atoms with Crippen molar-refractivity contribution >= 4 is 11.7 Å². The maximum Gasteiger partial charge on any atom is 0.336 e. The first-order chi connectivity index (χ1) is 19.1. The lowest BCUT2D eigenvalue weighted by Gasteiger charge is -2.26. The largest absolute Gasteiger partial charge is 0.493 e. The van der Waals surface area contributed by atoms with Crippen LogP contribution in [-0.4, -0.2) is 22.7 Å². The molecule has 0 saturated carbocycles. The molecule has 6 nitrogen and oxygen atoms in total. The third-order valence-electron chi connectivity index (χ3n) is 6.55. The molecule has 1 aromatic heterocycles. The predicted octanol–water partition coefficient (Wildman–Crippen LogP) is 7.18. The van der Waals surface area contributed by atoms with E-state index in [1.807, 2.05) is 91.9 Å². The van der Waals surface area contributed by atoms with Crippen LogP contribution in [0.4, 0.5) is 5.69 Å². The molecule has 0 saturated heterocycles. The molecule has 0 unspecified atom stereocenters. The Morgan fingerprint density at radius 2 is 1.51 bits per heavy atom.